The minimum Gasteiger partial charge on any atom is -0.329 e. The molecule has 24 heavy (non-hydrogen) atoms. The second-order valence-electron chi connectivity index (χ2n) is 4.96. The van der Waals surface area contributed by atoms with E-state index in [9.17, 15) is 13.2 Å². The van der Waals surface area contributed by atoms with Gasteiger partial charge in [-0.25, -0.2) is 13.1 Å². The third-order valence-electron chi connectivity index (χ3n) is 3.07. The van der Waals surface area contributed by atoms with Crippen molar-refractivity contribution in [2.24, 2.45) is 12.8 Å². The molecule has 0 aliphatic carbocycles. The van der Waals surface area contributed by atoms with Gasteiger partial charge in [0.05, 0.1) is 10.6 Å². The average Bonchev–Trinajstić information content (AvgIpc) is 2.84. The molecule has 0 saturated carbocycles. The second kappa shape index (κ2) is 8.25. The molecule has 1 aromatic carbocycles. The molecule has 0 bridgehead atoms. The number of aryl methyl sites for hydroxylation is 2. The van der Waals surface area contributed by atoms with E-state index >= 15 is 0 Å². The smallest absolute Gasteiger partial charge is 0.273 e. The molecule has 8 nitrogen and oxygen atoms in total. The van der Waals surface area contributed by atoms with E-state index in [-0.39, 0.29) is 36.3 Å². The van der Waals surface area contributed by atoms with E-state index in [0.717, 1.165) is 5.69 Å². The van der Waals surface area contributed by atoms with Crippen LogP contribution in [0.5, 0.6) is 0 Å². The fourth-order valence-electron chi connectivity index (χ4n) is 2.04. The van der Waals surface area contributed by atoms with E-state index < -0.39 is 10.0 Å². The van der Waals surface area contributed by atoms with Crippen molar-refractivity contribution in [1.29, 1.82) is 0 Å². The molecule has 0 aliphatic rings. The molecular formula is C14H20ClN5O3S. The normalized spacial score (nSPS) is 11.0. The van der Waals surface area contributed by atoms with Gasteiger partial charge < -0.3 is 11.1 Å². The maximum Gasteiger partial charge on any atom is 0.273 e. The zero-order valence-electron chi connectivity index (χ0n) is 13.3. The number of nitrogens with two attached hydrogens (primary N) is 1. The van der Waals surface area contributed by atoms with E-state index in [2.05, 4.69) is 15.1 Å². The summed E-state index contributed by atoms with van der Waals surface area (Å²) in [6.45, 7) is 2.13. The molecule has 1 heterocycles. The van der Waals surface area contributed by atoms with Crippen LogP contribution in [0.25, 0.3) is 0 Å². The number of carbonyl (C=O) groups is 1. The highest BCUT2D eigenvalue weighted by Gasteiger charge is 2.16. The number of amides is 1. The first-order valence-corrected chi connectivity index (χ1v) is 8.43. The average molecular weight is 374 g/mol. The summed E-state index contributed by atoms with van der Waals surface area (Å²) in [5.41, 5.74) is 6.79. The van der Waals surface area contributed by atoms with E-state index in [1.54, 1.807) is 32.2 Å². The Kier molecular flexibility index (Phi) is 6.91. The van der Waals surface area contributed by atoms with Crippen molar-refractivity contribution < 1.29 is 13.2 Å². The minimum atomic E-state index is -3.65. The molecule has 0 saturated heterocycles. The van der Waals surface area contributed by atoms with Crippen LogP contribution in [-0.2, 0) is 17.1 Å². The number of rotatable bonds is 6. The molecule has 132 valence electrons. The van der Waals surface area contributed by atoms with Crippen LogP contribution in [0.1, 0.15) is 16.2 Å². The van der Waals surface area contributed by atoms with Crippen LogP contribution >= 0.6 is 12.4 Å². The number of sulfonamides is 1. The van der Waals surface area contributed by atoms with Crippen LogP contribution in [0, 0.1) is 6.92 Å². The number of nitrogens with zero attached hydrogens (tertiary/aromatic N) is 2. The van der Waals surface area contributed by atoms with Gasteiger partial charge in [0, 0.05) is 25.8 Å². The van der Waals surface area contributed by atoms with Gasteiger partial charge in [-0.15, -0.1) is 12.4 Å². The monoisotopic (exact) mass is 373 g/mol. The predicted molar refractivity (Wildman–Crippen MR) is 93.8 cm³/mol. The molecule has 1 aromatic heterocycles. The lowest BCUT2D eigenvalue weighted by molar-refractivity contribution is 0.101. The topological polar surface area (TPSA) is 119 Å². The Labute approximate surface area is 146 Å². The summed E-state index contributed by atoms with van der Waals surface area (Å²) in [4.78, 5) is 12.3. The van der Waals surface area contributed by atoms with Gasteiger partial charge in [0.1, 0.15) is 5.69 Å². The molecule has 0 fully saturated rings. The van der Waals surface area contributed by atoms with Gasteiger partial charge >= 0.3 is 0 Å². The molecule has 0 atom stereocenters. The van der Waals surface area contributed by atoms with Gasteiger partial charge in [-0.2, -0.15) is 5.10 Å². The lowest BCUT2D eigenvalue weighted by Crippen LogP contribution is -2.29. The zero-order valence-corrected chi connectivity index (χ0v) is 14.9. The Bertz CT molecular complexity index is 820. The van der Waals surface area contributed by atoms with Gasteiger partial charge in [-0.1, -0.05) is 6.07 Å². The first-order valence-electron chi connectivity index (χ1n) is 6.95. The lowest BCUT2D eigenvalue weighted by Gasteiger charge is -2.09. The Morgan fingerprint density at radius 2 is 2.04 bits per heavy atom. The van der Waals surface area contributed by atoms with Crippen molar-refractivity contribution in [2.45, 2.75) is 11.8 Å². The first-order chi connectivity index (χ1) is 10.8. The number of halogens is 1. The number of benzene rings is 1. The summed E-state index contributed by atoms with van der Waals surface area (Å²) in [5, 5.41) is 6.77. The maximum absolute atomic E-state index is 12.2. The Balaban J connectivity index is 0.00000288. The number of hydrogen-bond acceptors (Lipinski definition) is 5. The van der Waals surface area contributed by atoms with E-state index in [4.69, 9.17) is 5.73 Å². The largest absolute Gasteiger partial charge is 0.329 e. The van der Waals surface area contributed by atoms with Crippen molar-refractivity contribution >= 4 is 34.0 Å². The van der Waals surface area contributed by atoms with Gasteiger partial charge in [0.15, 0.2) is 0 Å². The highest BCUT2D eigenvalue weighted by atomic mass is 35.5. The van der Waals surface area contributed by atoms with Crippen molar-refractivity contribution in [3.63, 3.8) is 0 Å². The quantitative estimate of drug-likeness (QED) is 0.686. The van der Waals surface area contributed by atoms with Crippen LogP contribution < -0.4 is 15.8 Å². The minimum absolute atomic E-state index is 0. The second-order valence-corrected chi connectivity index (χ2v) is 6.73. The van der Waals surface area contributed by atoms with Crippen LogP contribution in [-0.4, -0.2) is 37.2 Å². The molecule has 0 unspecified atom stereocenters. The maximum atomic E-state index is 12.2. The summed E-state index contributed by atoms with van der Waals surface area (Å²) >= 11 is 0. The molecule has 0 radical (unpaired) electrons. The van der Waals surface area contributed by atoms with Crippen LogP contribution in [0.3, 0.4) is 0 Å². The highest BCUT2D eigenvalue weighted by molar-refractivity contribution is 7.89. The molecule has 1 amide bonds. The summed E-state index contributed by atoms with van der Waals surface area (Å²) in [7, 11) is -1.98. The van der Waals surface area contributed by atoms with Gasteiger partial charge in [-0.05, 0) is 31.2 Å². The van der Waals surface area contributed by atoms with Crippen molar-refractivity contribution in [3.05, 3.63) is 41.7 Å². The van der Waals surface area contributed by atoms with Crippen LogP contribution in [0.2, 0.25) is 0 Å². The third-order valence-corrected chi connectivity index (χ3v) is 4.53. The third kappa shape index (κ3) is 4.78. The fourth-order valence-corrected chi connectivity index (χ4v) is 3.13. The van der Waals surface area contributed by atoms with E-state index in [1.165, 1.54) is 16.8 Å². The molecule has 4 N–H and O–H groups in total. The van der Waals surface area contributed by atoms with Crippen LogP contribution in [0.4, 0.5) is 5.69 Å². The number of nitrogens with one attached hydrogen (secondary N) is 2. The molecule has 2 rings (SSSR count). The highest BCUT2D eigenvalue weighted by Crippen LogP contribution is 2.16. The van der Waals surface area contributed by atoms with Crippen LogP contribution in [0.15, 0.2) is 35.2 Å². The summed E-state index contributed by atoms with van der Waals surface area (Å²) in [6.07, 6.45) is 0. The van der Waals surface area contributed by atoms with Crippen molar-refractivity contribution in [2.75, 3.05) is 18.4 Å². The molecule has 10 heteroatoms. The standard InChI is InChI=1S/C14H19N5O3S.ClH/c1-10-8-13(19(2)18-10)14(20)17-11-4-3-5-12(9-11)23(21,22)16-7-6-15;/h3-5,8-9,16H,6-7,15H2,1-2H3,(H,17,20);1H. The van der Waals surface area contributed by atoms with E-state index in [0.29, 0.717) is 11.4 Å². The Hall–Kier alpha value is -1.94. The number of hydrogen-bond donors (Lipinski definition) is 3. The summed E-state index contributed by atoms with van der Waals surface area (Å²) in [6, 6.07) is 7.66. The lowest BCUT2D eigenvalue weighted by atomic mass is 10.3. The fraction of sp³-hybridized carbons (Fsp3) is 0.286. The van der Waals surface area contributed by atoms with Crippen molar-refractivity contribution in [3.8, 4) is 0 Å². The molecule has 2 aromatic rings. The zero-order chi connectivity index (χ0) is 17.0. The summed E-state index contributed by atoms with van der Waals surface area (Å²) < 4.78 is 28.0. The van der Waals surface area contributed by atoms with Crippen molar-refractivity contribution in [1.82, 2.24) is 14.5 Å². The number of carbonyl (C=O) groups excluding carboxylic acids is 1. The Morgan fingerprint density at radius 3 is 2.62 bits per heavy atom. The molecule has 0 aliphatic heterocycles. The number of aromatic nitrogens is 2. The van der Waals surface area contributed by atoms with Gasteiger partial charge in [-0.3, -0.25) is 9.48 Å². The van der Waals surface area contributed by atoms with Gasteiger partial charge in [0.2, 0.25) is 10.0 Å². The van der Waals surface area contributed by atoms with E-state index in [1.807, 2.05) is 0 Å². The SMILES string of the molecule is Cc1cc(C(=O)Nc2cccc(S(=O)(=O)NCCN)c2)n(C)n1.Cl. The number of anilines is 1. The van der Waals surface area contributed by atoms with Gasteiger partial charge in [0.25, 0.3) is 5.91 Å². The molecular weight excluding hydrogens is 354 g/mol. The molecule has 0 spiro atoms. The summed E-state index contributed by atoms with van der Waals surface area (Å²) in [5.74, 6) is -0.363. The predicted octanol–water partition coefficient (Wildman–Crippen LogP) is 0.640. The first kappa shape index (κ1) is 20.1. The Morgan fingerprint density at radius 1 is 1.33 bits per heavy atom.